The summed E-state index contributed by atoms with van der Waals surface area (Å²) in [6, 6.07) is 12.5. The molecule has 25 heavy (non-hydrogen) atoms. The van der Waals surface area contributed by atoms with Crippen LogP contribution in [0.5, 0.6) is 23.0 Å². The lowest BCUT2D eigenvalue weighted by Crippen LogP contribution is -2.09. The number of hydrogen-bond donors (Lipinski definition) is 1. The van der Waals surface area contributed by atoms with Gasteiger partial charge in [-0.05, 0) is 35.9 Å². The average molecular weight is 344 g/mol. The monoisotopic (exact) mass is 344 g/mol. The number of carboxylic acids is 1. The first kappa shape index (κ1) is 18.2. The molecular weight excluding hydrogens is 324 g/mol. The number of hydrogen-bond acceptors (Lipinski definition) is 5. The summed E-state index contributed by atoms with van der Waals surface area (Å²) < 4.78 is 21.7. The molecule has 0 radical (unpaired) electrons. The molecule has 0 unspecified atom stereocenters. The van der Waals surface area contributed by atoms with E-state index in [-0.39, 0.29) is 0 Å². The first-order valence-corrected chi connectivity index (χ1v) is 7.61. The van der Waals surface area contributed by atoms with E-state index in [1.54, 1.807) is 38.5 Å². The highest BCUT2D eigenvalue weighted by molar-refractivity contribution is 5.85. The van der Waals surface area contributed by atoms with Crippen LogP contribution in [0.1, 0.15) is 5.56 Å². The predicted molar refractivity (Wildman–Crippen MR) is 93.6 cm³/mol. The van der Waals surface area contributed by atoms with Gasteiger partial charge < -0.3 is 24.1 Å². The summed E-state index contributed by atoms with van der Waals surface area (Å²) in [6.07, 6.45) is 2.55. The molecule has 0 saturated carbocycles. The number of rotatable bonds is 9. The standard InChI is InChI=1S/C19H20O6/c1-22-15-4-3-5-16(13-15)24-10-11-25-18-12-14(7-9-19(20)21)6-8-17(18)23-2/h3-9,12-13H,10-11H2,1-2H3,(H,20,21). The van der Waals surface area contributed by atoms with Crippen LogP contribution in [-0.4, -0.2) is 38.5 Å². The minimum absolute atomic E-state index is 0.305. The van der Waals surface area contributed by atoms with Gasteiger partial charge in [-0.25, -0.2) is 4.79 Å². The number of methoxy groups -OCH3 is 2. The molecule has 2 aromatic carbocycles. The molecule has 132 valence electrons. The first-order chi connectivity index (χ1) is 12.1. The van der Waals surface area contributed by atoms with E-state index >= 15 is 0 Å². The van der Waals surface area contributed by atoms with Crippen molar-refractivity contribution in [3.63, 3.8) is 0 Å². The molecule has 6 heteroatoms. The van der Waals surface area contributed by atoms with Gasteiger partial charge >= 0.3 is 5.97 Å². The zero-order valence-corrected chi connectivity index (χ0v) is 14.1. The maximum absolute atomic E-state index is 10.6. The number of benzene rings is 2. The van der Waals surface area contributed by atoms with E-state index in [4.69, 9.17) is 24.1 Å². The van der Waals surface area contributed by atoms with Gasteiger partial charge in [0.1, 0.15) is 24.7 Å². The minimum atomic E-state index is -1.01. The molecule has 0 spiro atoms. The Labute approximate surface area is 146 Å². The summed E-state index contributed by atoms with van der Waals surface area (Å²) in [5, 5.41) is 8.70. The Kier molecular flexibility index (Phi) is 6.71. The van der Waals surface area contributed by atoms with Crippen molar-refractivity contribution in [3.8, 4) is 23.0 Å². The Balaban J connectivity index is 1.94. The zero-order valence-electron chi connectivity index (χ0n) is 14.1. The summed E-state index contributed by atoms with van der Waals surface area (Å²) in [5.41, 5.74) is 0.701. The van der Waals surface area contributed by atoms with Gasteiger partial charge in [0, 0.05) is 12.1 Å². The molecule has 0 aliphatic heterocycles. The van der Waals surface area contributed by atoms with Crippen molar-refractivity contribution in [2.45, 2.75) is 0 Å². The van der Waals surface area contributed by atoms with Crippen LogP contribution in [0.25, 0.3) is 6.08 Å². The second kappa shape index (κ2) is 9.22. The van der Waals surface area contributed by atoms with E-state index in [0.717, 1.165) is 11.8 Å². The lowest BCUT2D eigenvalue weighted by atomic mass is 10.2. The third-order valence-electron chi connectivity index (χ3n) is 3.26. The van der Waals surface area contributed by atoms with Gasteiger partial charge in [-0.1, -0.05) is 12.1 Å². The molecule has 0 aromatic heterocycles. The summed E-state index contributed by atoms with van der Waals surface area (Å²) in [7, 11) is 3.14. The van der Waals surface area contributed by atoms with Crippen LogP contribution in [0.2, 0.25) is 0 Å². The second-order valence-corrected chi connectivity index (χ2v) is 4.96. The maximum Gasteiger partial charge on any atom is 0.328 e. The smallest absolute Gasteiger partial charge is 0.328 e. The SMILES string of the molecule is COc1cccc(OCCOc2cc(C=CC(=O)O)ccc2OC)c1. The molecule has 0 atom stereocenters. The van der Waals surface area contributed by atoms with Gasteiger partial charge in [0.25, 0.3) is 0 Å². The number of aliphatic carboxylic acids is 1. The van der Waals surface area contributed by atoms with Crippen molar-refractivity contribution < 1.29 is 28.8 Å². The fraction of sp³-hybridized carbons (Fsp3) is 0.211. The van der Waals surface area contributed by atoms with Gasteiger partial charge in [0.15, 0.2) is 11.5 Å². The van der Waals surface area contributed by atoms with Crippen molar-refractivity contribution in [2.24, 2.45) is 0 Å². The van der Waals surface area contributed by atoms with Crippen LogP contribution < -0.4 is 18.9 Å². The predicted octanol–water partition coefficient (Wildman–Crippen LogP) is 3.26. The van der Waals surface area contributed by atoms with Crippen molar-refractivity contribution in [1.82, 2.24) is 0 Å². The van der Waals surface area contributed by atoms with Crippen LogP contribution in [-0.2, 0) is 4.79 Å². The lowest BCUT2D eigenvalue weighted by Gasteiger charge is -2.12. The number of carboxylic acid groups (broad SMARTS) is 1. The number of carbonyl (C=O) groups is 1. The molecule has 0 bridgehead atoms. The third-order valence-corrected chi connectivity index (χ3v) is 3.26. The van der Waals surface area contributed by atoms with Gasteiger partial charge in [0.05, 0.1) is 14.2 Å². The Morgan fingerprint density at radius 3 is 2.44 bits per heavy atom. The molecule has 2 aromatic rings. The highest BCUT2D eigenvalue weighted by Gasteiger charge is 2.05. The second-order valence-electron chi connectivity index (χ2n) is 4.96. The lowest BCUT2D eigenvalue weighted by molar-refractivity contribution is -0.131. The summed E-state index contributed by atoms with van der Waals surface area (Å²) in [4.78, 5) is 10.6. The maximum atomic E-state index is 10.6. The van der Waals surface area contributed by atoms with Crippen molar-refractivity contribution in [3.05, 3.63) is 54.1 Å². The summed E-state index contributed by atoms with van der Waals surface area (Å²) in [5.74, 6) is 1.48. The van der Waals surface area contributed by atoms with E-state index in [0.29, 0.717) is 36.0 Å². The van der Waals surface area contributed by atoms with Crippen LogP contribution >= 0.6 is 0 Å². The quantitative estimate of drug-likeness (QED) is 0.556. The minimum Gasteiger partial charge on any atom is -0.497 e. The largest absolute Gasteiger partial charge is 0.497 e. The zero-order chi connectivity index (χ0) is 18.1. The highest BCUT2D eigenvalue weighted by Crippen LogP contribution is 2.28. The van der Waals surface area contributed by atoms with Crippen LogP contribution in [0.15, 0.2) is 48.5 Å². The van der Waals surface area contributed by atoms with E-state index in [2.05, 4.69) is 0 Å². The average Bonchev–Trinajstić information content (AvgIpc) is 2.63. The fourth-order valence-corrected chi connectivity index (χ4v) is 2.08. The van der Waals surface area contributed by atoms with Gasteiger partial charge in [0.2, 0.25) is 0 Å². The van der Waals surface area contributed by atoms with Crippen LogP contribution in [0, 0.1) is 0 Å². The topological polar surface area (TPSA) is 74.2 Å². The van der Waals surface area contributed by atoms with Crippen molar-refractivity contribution in [2.75, 3.05) is 27.4 Å². The molecule has 6 nitrogen and oxygen atoms in total. The molecule has 0 aliphatic rings. The highest BCUT2D eigenvalue weighted by atomic mass is 16.5. The molecule has 0 fully saturated rings. The molecule has 0 heterocycles. The molecule has 0 aliphatic carbocycles. The molecule has 0 amide bonds. The van der Waals surface area contributed by atoms with Crippen molar-refractivity contribution in [1.29, 1.82) is 0 Å². The van der Waals surface area contributed by atoms with Crippen LogP contribution in [0.4, 0.5) is 0 Å². The Hall–Kier alpha value is -3.15. The first-order valence-electron chi connectivity index (χ1n) is 7.61. The summed E-state index contributed by atoms with van der Waals surface area (Å²) >= 11 is 0. The van der Waals surface area contributed by atoms with E-state index < -0.39 is 5.97 Å². The Bertz CT molecular complexity index is 738. The molecule has 1 N–H and O–H groups in total. The van der Waals surface area contributed by atoms with Crippen molar-refractivity contribution >= 4 is 12.0 Å². The normalized spacial score (nSPS) is 10.5. The summed E-state index contributed by atoms with van der Waals surface area (Å²) in [6.45, 7) is 0.644. The van der Waals surface area contributed by atoms with E-state index in [1.165, 1.54) is 6.08 Å². The fourth-order valence-electron chi connectivity index (χ4n) is 2.08. The van der Waals surface area contributed by atoms with Crippen LogP contribution in [0.3, 0.4) is 0 Å². The third kappa shape index (κ3) is 5.76. The molecular formula is C19H20O6. The Morgan fingerprint density at radius 1 is 0.960 bits per heavy atom. The van der Waals surface area contributed by atoms with Gasteiger partial charge in [-0.15, -0.1) is 0 Å². The van der Waals surface area contributed by atoms with E-state index in [9.17, 15) is 4.79 Å². The number of ether oxygens (including phenoxy) is 4. The molecule has 2 rings (SSSR count). The Morgan fingerprint density at radius 2 is 1.72 bits per heavy atom. The van der Waals surface area contributed by atoms with Gasteiger partial charge in [-0.3, -0.25) is 0 Å². The van der Waals surface area contributed by atoms with E-state index in [1.807, 2.05) is 18.2 Å². The van der Waals surface area contributed by atoms with Gasteiger partial charge in [-0.2, -0.15) is 0 Å². The molecule has 0 saturated heterocycles.